The Labute approximate surface area is 110 Å². The first-order valence-corrected chi connectivity index (χ1v) is 5.81. The molecule has 1 aromatic rings. The highest BCUT2D eigenvalue weighted by Gasteiger charge is 2.16. The summed E-state index contributed by atoms with van der Waals surface area (Å²) in [5.41, 5.74) is -0.256. The lowest BCUT2D eigenvalue weighted by atomic mass is 10.2. The van der Waals surface area contributed by atoms with Gasteiger partial charge in [0.1, 0.15) is 11.7 Å². The molecule has 0 radical (unpaired) electrons. The highest BCUT2D eigenvalue weighted by molar-refractivity contribution is 5.95. The molecule has 1 heterocycles. The van der Waals surface area contributed by atoms with Crippen LogP contribution in [0.4, 0.5) is 0 Å². The van der Waals surface area contributed by atoms with Crippen molar-refractivity contribution in [3.63, 3.8) is 0 Å². The van der Waals surface area contributed by atoms with Gasteiger partial charge in [0, 0.05) is 19.7 Å². The van der Waals surface area contributed by atoms with E-state index in [9.17, 15) is 14.4 Å². The van der Waals surface area contributed by atoms with Crippen molar-refractivity contribution in [2.24, 2.45) is 0 Å². The molecule has 1 atom stereocenters. The average Bonchev–Trinajstić information content (AvgIpc) is 2.38. The Morgan fingerprint density at radius 2 is 2.16 bits per heavy atom. The van der Waals surface area contributed by atoms with Gasteiger partial charge in [-0.15, -0.1) is 0 Å². The summed E-state index contributed by atoms with van der Waals surface area (Å²) < 4.78 is 4.79. The van der Waals surface area contributed by atoms with Gasteiger partial charge >= 0.3 is 0 Å². The third-order valence-corrected chi connectivity index (χ3v) is 2.36. The number of aromatic amines is 1. The number of amides is 2. The minimum Gasteiger partial charge on any atom is -0.383 e. The fraction of sp³-hybridized carbons (Fsp3) is 0.417. The zero-order valence-electron chi connectivity index (χ0n) is 10.9. The van der Waals surface area contributed by atoms with Crippen LogP contribution >= 0.6 is 0 Å². The summed E-state index contributed by atoms with van der Waals surface area (Å²) in [7, 11) is 1.53. The van der Waals surface area contributed by atoms with Crippen molar-refractivity contribution >= 4 is 11.8 Å². The normalized spacial score (nSPS) is 11.7. The predicted molar refractivity (Wildman–Crippen MR) is 68.9 cm³/mol. The highest BCUT2D eigenvalue weighted by Crippen LogP contribution is 1.92. The number of ether oxygens (including phenoxy) is 1. The lowest BCUT2D eigenvalue weighted by Crippen LogP contribution is -2.45. The van der Waals surface area contributed by atoms with Crippen LogP contribution in [-0.4, -0.2) is 43.1 Å². The van der Waals surface area contributed by atoms with E-state index in [-0.39, 0.29) is 17.2 Å². The number of hydrogen-bond acceptors (Lipinski definition) is 4. The topological polar surface area (TPSA) is 100 Å². The van der Waals surface area contributed by atoms with E-state index in [2.05, 4.69) is 15.6 Å². The Balaban J connectivity index is 2.52. The van der Waals surface area contributed by atoms with Gasteiger partial charge in [0.05, 0.1) is 6.61 Å². The lowest BCUT2D eigenvalue weighted by Gasteiger charge is -2.13. The van der Waals surface area contributed by atoms with E-state index < -0.39 is 11.9 Å². The van der Waals surface area contributed by atoms with E-state index in [1.807, 2.05) is 0 Å². The average molecular weight is 267 g/mol. The number of methoxy groups -OCH3 is 1. The Morgan fingerprint density at radius 3 is 2.79 bits per heavy atom. The van der Waals surface area contributed by atoms with Crippen molar-refractivity contribution in [1.82, 2.24) is 15.6 Å². The van der Waals surface area contributed by atoms with Crippen molar-refractivity contribution < 1.29 is 14.3 Å². The maximum atomic E-state index is 11.8. The van der Waals surface area contributed by atoms with Crippen molar-refractivity contribution in [2.75, 3.05) is 20.3 Å². The smallest absolute Gasteiger partial charge is 0.268 e. The van der Waals surface area contributed by atoms with E-state index in [1.165, 1.54) is 25.3 Å². The van der Waals surface area contributed by atoms with Gasteiger partial charge in [0.2, 0.25) is 11.5 Å². The second-order valence-electron chi connectivity index (χ2n) is 3.91. The largest absolute Gasteiger partial charge is 0.383 e. The van der Waals surface area contributed by atoms with Gasteiger partial charge in [-0.25, -0.2) is 0 Å². The molecule has 1 rings (SSSR count). The van der Waals surface area contributed by atoms with E-state index in [4.69, 9.17) is 4.74 Å². The van der Waals surface area contributed by atoms with Crippen LogP contribution in [0.25, 0.3) is 0 Å². The first kappa shape index (κ1) is 14.9. The quantitative estimate of drug-likeness (QED) is 0.591. The van der Waals surface area contributed by atoms with E-state index >= 15 is 0 Å². The Morgan fingerprint density at radius 1 is 1.42 bits per heavy atom. The summed E-state index contributed by atoms with van der Waals surface area (Å²) in [5, 5.41) is 5.09. The molecule has 0 aliphatic carbocycles. The maximum Gasteiger partial charge on any atom is 0.268 e. The van der Waals surface area contributed by atoms with Crippen LogP contribution in [0.15, 0.2) is 23.0 Å². The van der Waals surface area contributed by atoms with Gasteiger partial charge in [-0.1, -0.05) is 6.07 Å². The molecule has 0 bridgehead atoms. The lowest BCUT2D eigenvalue weighted by molar-refractivity contribution is -0.122. The number of rotatable bonds is 6. The first-order valence-electron chi connectivity index (χ1n) is 5.81. The fourth-order valence-corrected chi connectivity index (χ4v) is 1.35. The Hall–Kier alpha value is -2.15. The molecule has 2 amide bonds. The van der Waals surface area contributed by atoms with Gasteiger partial charge in [-0.2, -0.15) is 0 Å². The standard InChI is InChI=1S/C12H17N3O4/c1-8(11(17)13-6-7-19-2)14-12(18)9-4-3-5-10(16)15-9/h3-5,8H,6-7H2,1-2H3,(H,13,17)(H,14,18)(H,15,16). The van der Waals surface area contributed by atoms with E-state index in [0.29, 0.717) is 13.2 Å². The van der Waals surface area contributed by atoms with Crippen LogP contribution in [-0.2, 0) is 9.53 Å². The molecule has 7 nitrogen and oxygen atoms in total. The molecule has 0 aromatic carbocycles. The summed E-state index contributed by atoms with van der Waals surface area (Å²) >= 11 is 0. The molecule has 0 spiro atoms. The Kier molecular flexibility index (Phi) is 5.74. The van der Waals surface area contributed by atoms with Crippen LogP contribution in [0.1, 0.15) is 17.4 Å². The molecule has 0 saturated heterocycles. The van der Waals surface area contributed by atoms with Gasteiger partial charge in [0.15, 0.2) is 0 Å². The minimum absolute atomic E-state index is 0.115. The summed E-state index contributed by atoms with van der Waals surface area (Å²) in [6.07, 6.45) is 0. The van der Waals surface area contributed by atoms with Crippen molar-refractivity contribution in [3.8, 4) is 0 Å². The molecule has 7 heteroatoms. The zero-order valence-corrected chi connectivity index (χ0v) is 10.9. The summed E-state index contributed by atoms with van der Waals surface area (Å²) in [4.78, 5) is 36.8. The maximum absolute atomic E-state index is 11.8. The number of aromatic nitrogens is 1. The number of H-pyrrole nitrogens is 1. The number of carbonyl (C=O) groups is 2. The summed E-state index contributed by atoms with van der Waals surface area (Å²) in [6, 6.07) is 3.54. The minimum atomic E-state index is -0.701. The molecule has 19 heavy (non-hydrogen) atoms. The fourth-order valence-electron chi connectivity index (χ4n) is 1.35. The van der Waals surface area contributed by atoms with Crippen molar-refractivity contribution in [1.29, 1.82) is 0 Å². The van der Waals surface area contributed by atoms with Crippen molar-refractivity contribution in [3.05, 3.63) is 34.2 Å². The molecule has 104 valence electrons. The number of pyridine rings is 1. The van der Waals surface area contributed by atoms with Gasteiger partial charge in [-0.3, -0.25) is 14.4 Å². The summed E-state index contributed by atoms with van der Waals surface area (Å²) in [6.45, 7) is 2.33. The molecule has 3 N–H and O–H groups in total. The van der Waals surface area contributed by atoms with Gasteiger partial charge in [0.25, 0.3) is 5.91 Å². The second kappa shape index (κ2) is 7.32. The monoisotopic (exact) mass is 267 g/mol. The van der Waals surface area contributed by atoms with Crippen LogP contribution in [0.5, 0.6) is 0 Å². The van der Waals surface area contributed by atoms with Crippen LogP contribution in [0, 0.1) is 0 Å². The molecular formula is C12H17N3O4. The van der Waals surface area contributed by atoms with Gasteiger partial charge in [-0.05, 0) is 13.0 Å². The number of nitrogens with one attached hydrogen (secondary N) is 3. The summed E-state index contributed by atoms with van der Waals surface area (Å²) in [5.74, 6) is -0.823. The van der Waals surface area contributed by atoms with Crippen LogP contribution < -0.4 is 16.2 Å². The molecule has 0 saturated carbocycles. The third kappa shape index (κ3) is 4.92. The number of carbonyl (C=O) groups excluding carboxylic acids is 2. The first-order chi connectivity index (χ1) is 9.04. The number of hydrogen-bond donors (Lipinski definition) is 3. The predicted octanol–water partition coefficient (Wildman–Crippen LogP) is -0.744. The van der Waals surface area contributed by atoms with E-state index in [0.717, 1.165) is 0 Å². The molecule has 0 fully saturated rings. The second-order valence-corrected chi connectivity index (χ2v) is 3.91. The van der Waals surface area contributed by atoms with Crippen LogP contribution in [0.3, 0.4) is 0 Å². The zero-order chi connectivity index (χ0) is 14.3. The SMILES string of the molecule is COCCNC(=O)C(C)NC(=O)c1cccc(=O)[nH]1. The van der Waals surface area contributed by atoms with Crippen molar-refractivity contribution in [2.45, 2.75) is 13.0 Å². The molecule has 0 aliphatic rings. The molecule has 1 unspecified atom stereocenters. The van der Waals surface area contributed by atoms with Crippen LogP contribution in [0.2, 0.25) is 0 Å². The molecule has 0 aliphatic heterocycles. The third-order valence-electron chi connectivity index (χ3n) is 2.36. The molecule has 1 aromatic heterocycles. The van der Waals surface area contributed by atoms with E-state index in [1.54, 1.807) is 6.92 Å². The molecular weight excluding hydrogens is 250 g/mol. The Bertz CT molecular complexity index is 498. The highest BCUT2D eigenvalue weighted by atomic mass is 16.5. The van der Waals surface area contributed by atoms with Gasteiger partial charge < -0.3 is 20.4 Å².